The van der Waals surface area contributed by atoms with E-state index in [9.17, 15) is 0 Å². The molecule has 0 atom stereocenters. The zero-order valence-electron chi connectivity index (χ0n) is 8.75. The van der Waals surface area contributed by atoms with Crippen molar-refractivity contribution >= 4 is 0 Å². The average molecular weight is 181 g/mol. The highest BCUT2D eigenvalue weighted by molar-refractivity contribution is 5.09. The smallest absolute Gasteiger partial charge is 0.0509 e. The summed E-state index contributed by atoms with van der Waals surface area (Å²) in [7, 11) is 1.66. The lowest BCUT2D eigenvalue weighted by molar-refractivity contribution is 0.646. The molecule has 13 heavy (non-hydrogen) atoms. The van der Waals surface area contributed by atoms with Crippen LogP contribution in [0, 0.1) is 0 Å². The van der Waals surface area contributed by atoms with Crippen molar-refractivity contribution in [3.05, 3.63) is 23.8 Å². The molecule has 0 fully saturated rings. The fourth-order valence-electron chi connectivity index (χ4n) is 0.911. The number of nitrogens with one attached hydrogen (secondary N) is 1. The van der Waals surface area contributed by atoms with Gasteiger partial charge in [0, 0.05) is 6.54 Å². The van der Waals surface area contributed by atoms with Gasteiger partial charge in [0.1, 0.15) is 0 Å². The number of hydrogen-bond donors (Lipinski definition) is 1. The molecule has 0 saturated carbocycles. The second-order valence-corrected chi connectivity index (χ2v) is 2.85. The summed E-state index contributed by atoms with van der Waals surface area (Å²) in [4.78, 5) is 0. The fraction of sp³-hybridized carbons (Fsp3) is 0.600. The summed E-state index contributed by atoms with van der Waals surface area (Å²) in [5, 5.41) is 7.26. The third kappa shape index (κ3) is 8.79. The normalized spacial score (nSPS) is 13.0. The summed E-state index contributed by atoms with van der Waals surface area (Å²) < 4.78 is 0. The topological polar surface area (TPSA) is 36.8 Å². The molecule has 0 radical (unpaired) electrons. The van der Waals surface area contributed by atoms with Gasteiger partial charge in [-0.25, -0.2) is 0 Å². The van der Waals surface area contributed by atoms with Crippen LogP contribution >= 0.6 is 0 Å². The minimum Gasteiger partial charge on any atom is -0.292 e. The second kappa shape index (κ2) is 8.97. The Bertz CT molecular complexity index is 192. The summed E-state index contributed by atoms with van der Waals surface area (Å²) in [6.45, 7) is 5.05. The zero-order chi connectivity index (χ0) is 9.94. The average Bonchev–Trinajstić information content (AvgIpc) is 2.14. The Kier molecular flexibility index (Phi) is 8.20. The summed E-state index contributed by atoms with van der Waals surface area (Å²) in [6, 6.07) is 0. The fourth-order valence-corrected chi connectivity index (χ4v) is 0.911. The lowest BCUT2D eigenvalue weighted by atomic mass is 10.1. The number of nitrogens with zero attached hydrogens (tertiary/aromatic N) is 2. The van der Waals surface area contributed by atoms with Crippen LogP contribution in [0.25, 0.3) is 0 Å². The molecular weight excluding hydrogens is 162 g/mol. The van der Waals surface area contributed by atoms with E-state index in [0.717, 1.165) is 19.4 Å². The van der Waals surface area contributed by atoms with Crippen LogP contribution < -0.4 is 5.43 Å². The van der Waals surface area contributed by atoms with Gasteiger partial charge in [-0.15, -0.1) is 0 Å². The van der Waals surface area contributed by atoms with Gasteiger partial charge in [-0.1, -0.05) is 29.0 Å². The van der Waals surface area contributed by atoms with Crippen LogP contribution in [0.3, 0.4) is 0 Å². The highest BCUT2D eigenvalue weighted by Crippen LogP contribution is 2.02. The van der Waals surface area contributed by atoms with Crippen LogP contribution in [-0.2, 0) is 0 Å². The molecule has 0 bridgehead atoms. The Morgan fingerprint density at radius 2 is 2.23 bits per heavy atom. The summed E-state index contributed by atoms with van der Waals surface area (Å²) >= 11 is 0. The van der Waals surface area contributed by atoms with Crippen LogP contribution in [0.4, 0.5) is 0 Å². The third-order valence-electron chi connectivity index (χ3n) is 1.60. The summed E-state index contributed by atoms with van der Waals surface area (Å²) in [5.41, 5.74) is 4.26. The minimum atomic E-state index is 0.887. The first-order valence-corrected chi connectivity index (χ1v) is 4.61. The molecular formula is C10H19N3. The van der Waals surface area contributed by atoms with E-state index in [1.54, 1.807) is 7.05 Å². The van der Waals surface area contributed by atoms with E-state index in [1.807, 2.05) is 13.0 Å². The third-order valence-corrected chi connectivity index (χ3v) is 1.60. The van der Waals surface area contributed by atoms with Crippen LogP contribution in [-0.4, -0.2) is 13.6 Å². The van der Waals surface area contributed by atoms with E-state index in [0.29, 0.717) is 0 Å². The number of rotatable bonds is 6. The first-order valence-electron chi connectivity index (χ1n) is 4.61. The van der Waals surface area contributed by atoms with Crippen molar-refractivity contribution in [1.82, 2.24) is 5.43 Å². The Labute approximate surface area is 80.6 Å². The van der Waals surface area contributed by atoms with Gasteiger partial charge in [-0.2, -0.15) is 5.11 Å². The zero-order valence-corrected chi connectivity index (χ0v) is 8.75. The SMILES string of the molecule is CC=C/C=C(\C)CCCNN=NC. The van der Waals surface area contributed by atoms with Gasteiger partial charge in [0.2, 0.25) is 0 Å². The molecule has 1 N–H and O–H groups in total. The minimum absolute atomic E-state index is 0.887. The lowest BCUT2D eigenvalue weighted by Gasteiger charge is -1.99. The van der Waals surface area contributed by atoms with Crippen LogP contribution in [0.1, 0.15) is 26.7 Å². The maximum Gasteiger partial charge on any atom is 0.0509 e. The van der Waals surface area contributed by atoms with E-state index in [4.69, 9.17) is 0 Å². The maximum absolute atomic E-state index is 3.67. The highest BCUT2D eigenvalue weighted by atomic mass is 15.4. The van der Waals surface area contributed by atoms with Gasteiger partial charge in [0.05, 0.1) is 7.05 Å². The summed E-state index contributed by atoms with van der Waals surface area (Å²) in [5.74, 6) is 0. The molecule has 3 nitrogen and oxygen atoms in total. The molecule has 0 rings (SSSR count). The van der Waals surface area contributed by atoms with E-state index < -0.39 is 0 Å². The quantitative estimate of drug-likeness (QED) is 0.291. The molecule has 0 aromatic heterocycles. The first kappa shape index (κ1) is 11.9. The lowest BCUT2D eigenvalue weighted by Crippen LogP contribution is -2.05. The molecule has 0 unspecified atom stereocenters. The van der Waals surface area contributed by atoms with Gasteiger partial charge in [0.15, 0.2) is 0 Å². The molecule has 0 aromatic rings. The molecule has 0 amide bonds. The number of allylic oxidation sites excluding steroid dienone is 4. The van der Waals surface area contributed by atoms with E-state index in [1.165, 1.54) is 5.57 Å². The Hall–Kier alpha value is -1.12. The van der Waals surface area contributed by atoms with Gasteiger partial charge in [-0.05, 0) is 26.7 Å². The van der Waals surface area contributed by atoms with E-state index in [2.05, 4.69) is 34.8 Å². The molecule has 0 spiro atoms. The molecule has 3 heteroatoms. The summed E-state index contributed by atoms with van der Waals surface area (Å²) in [6.07, 6.45) is 8.44. The Morgan fingerprint density at radius 3 is 2.85 bits per heavy atom. The van der Waals surface area contributed by atoms with Crippen molar-refractivity contribution in [2.75, 3.05) is 13.6 Å². The monoisotopic (exact) mass is 181 g/mol. The molecule has 74 valence electrons. The van der Waals surface area contributed by atoms with Crippen LogP contribution in [0.2, 0.25) is 0 Å². The Morgan fingerprint density at radius 1 is 1.46 bits per heavy atom. The van der Waals surface area contributed by atoms with Crippen molar-refractivity contribution in [3.63, 3.8) is 0 Å². The van der Waals surface area contributed by atoms with Gasteiger partial charge >= 0.3 is 0 Å². The van der Waals surface area contributed by atoms with Crippen molar-refractivity contribution in [2.45, 2.75) is 26.7 Å². The largest absolute Gasteiger partial charge is 0.292 e. The van der Waals surface area contributed by atoms with Crippen molar-refractivity contribution in [2.24, 2.45) is 10.3 Å². The standard InChI is InChI=1S/C10H19N3/c1-4-5-7-10(2)8-6-9-12-13-11-3/h4-5,7H,6,8-9H2,1-3H3,(H,11,12)/b5-4?,10-7+. The first-order chi connectivity index (χ1) is 6.31. The van der Waals surface area contributed by atoms with Gasteiger partial charge in [-0.3, -0.25) is 5.43 Å². The van der Waals surface area contributed by atoms with Crippen LogP contribution in [0.5, 0.6) is 0 Å². The molecule has 0 aliphatic carbocycles. The Balaban J connectivity index is 3.41. The van der Waals surface area contributed by atoms with E-state index in [-0.39, 0.29) is 0 Å². The molecule has 0 saturated heterocycles. The number of hydrogen-bond acceptors (Lipinski definition) is 2. The maximum atomic E-state index is 3.67. The molecule has 0 aliphatic rings. The van der Waals surface area contributed by atoms with E-state index >= 15 is 0 Å². The van der Waals surface area contributed by atoms with Crippen molar-refractivity contribution in [1.29, 1.82) is 0 Å². The van der Waals surface area contributed by atoms with Crippen molar-refractivity contribution < 1.29 is 0 Å². The second-order valence-electron chi connectivity index (χ2n) is 2.85. The molecule has 0 heterocycles. The van der Waals surface area contributed by atoms with Gasteiger partial charge < -0.3 is 0 Å². The molecule has 0 aliphatic heterocycles. The predicted molar refractivity (Wildman–Crippen MR) is 56.6 cm³/mol. The van der Waals surface area contributed by atoms with Gasteiger partial charge in [0.25, 0.3) is 0 Å². The van der Waals surface area contributed by atoms with Crippen molar-refractivity contribution in [3.8, 4) is 0 Å². The predicted octanol–water partition coefficient (Wildman–Crippen LogP) is 2.88. The molecule has 0 aromatic carbocycles. The van der Waals surface area contributed by atoms with Crippen LogP contribution in [0.15, 0.2) is 34.1 Å². The highest BCUT2D eigenvalue weighted by Gasteiger charge is 1.88.